The maximum Gasteiger partial charge on any atom is 0.335 e. The Balaban J connectivity index is 2.14. The Morgan fingerprint density at radius 3 is 2.54 bits per heavy atom. The van der Waals surface area contributed by atoms with Crippen LogP contribution in [0.5, 0.6) is 5.88 Å². The molecular weight excluding hydrogens is 468 g/mol. The summed E-state index contributed by atoms with van der Waals surface area (Å²) < 4.78 is 2.18. The minimum absolute atomic E-state index is 0.154. The monoisotopic (exact) mass is 478 g/mol. The van der Waals surface area contributed by atoms with Crippen molar-refractivity contribution in [2.75, 3.05) is 0 Å². The normalized spacial score (nSPS) is 11.2. The molecule has 2 aromatic heterocycles. The second-order valence-electron chi connectivity index (χ2n) is 5.37. The predicted molar refractivity (Wildman–Crippen MR) is 106 cm³/mol. The van der Waals surface area contributed by atoms with E-state index < -0.39 is 17.1 Å². The molecule has 0 atom stereocenters. The van der Waals surface area contributed by atoms with E-state index in [0.29, 0.717) is 20.6 Å². The van der Waals surface area contributed by atoms with E-state index in [-0.39, 0.29) is 5.56 Å². The number of aromatic nitrogens is 3. The molecule has 132 valence electrons. The van der Waals surface area contributed by atoms with Crippen LogP contribution in [0.25, 0.3) is 5.69 Å². The van der Waals surface area contributed by atoms with E-state index in [9.17, 15) is 14.7 Å². The SMILES string of the molecule is Cc1ccc(-n2c(O)c(C=Nc3nc(Br)ccc3Br)c(=O)[nH]c2=O)cc1. The van der Waals surface area contributed by atoms with Gasteiger partial charge in [-0.25, -0.2) is 19.3 Å². The van der Waals surface area contributed by atoms with Crippen molar-refractivity contribution in [2.24, 2.45) is 4.99 Å². The summed E-state index contributed by atoms with van der Waals surface area (Å²) in [5.74, 6) is -0.191. The first-order valence-corrected chi connectivity index (χ1v) is 8.97. The van der Waals surface area contributed by atoms with Crippen LogP contribution in [0.4, 0.5) is 5.82 Å². The van der Waals surface area contributed by atoms with Gasteiger partial charge in [0.05, 0.1) is 10.2 Å². The summed E-state index contributed by atoms with van der Waals surface area (Å²) in [5.41, 5.74) is -0.219. The molecule has 0 saturated heterocycles. The van der Waals surface area contributed by atoms with E-state index in [4.69, 9.17) is 0 Å². The molecule has 0 amide bonds. The van der Waals surface area contributed by atoms with Crippen molar-refractivity contribution in [3.05, 3.63) is 77.4 Å². The van der Waals surface area contributed by atoms with E-state index in [1.54, 1.807) is 36.4 Å². The van der Waals surface area contributed by atoms with E-state index in [1.807, 2.05) is 6.92 Å². The molecule has 2 heterocycles. The van der Waals surface area contributed by atoms with E-state index in [2.05, 4.69) is 46.8 Å². The van der Waals surface area contributed by atoms with Gasteiger partial charge in [0.2, 0.25) is 5.88 Å². The standard InChI is InChI=1S/C17H12Br2N4O3/c1-9-2-4-10(5-3-9)23-16(25)11(15(24)22-17(23)26)8-20-14-12(18)6-7-13(19)21-14/h2-8,25H,1H3,(H,22,24,26). The average Bonchev–Trinajstić information content (AvgIpc) is 2.59. The van der Waals surface area contributed by atoms with Crippen LogP contribution in [0.15, 0.2) is 60.1 Å². The fourth-order valence-electron chi connectivity index (χ4n) is 2.21. The number of nitrogens with zero attached hydrogens (tertiary/aromatic N) is 3. The molecule has 3 rings (SSSR count). The fourth-order valence-corrected chi connectivity index (χ4v) is 2.84. The highest BCUT2D eigenvalue weighted by molar-refractivity contribution is 9.11. The van der Waals surface area contributed by atoms with Crippen molar-refractivity contribution in [1.82, 2.24) is 14.5 Å². The lowest BCUT2D eigenvalue weighted by atomic mass is 10.2. The van der Waals surface area contributed by atoms with Gasteiger partial charge in [0, 0.05) is 6.21 Å². The summed E-state index contributed by atoms with van der Waals surface area (Å²) >= 11 is 6.55. The van der Waals surface area contributed by atoms with Crippen molar-refractivity contribution in [2.45, 2.75) is 6.92 Å². The van der Waals surface area contributed by atoms with Gasteiger partial charge in [0.1, 0.15) is 10.2 Å². The number of nitrogens with one attached hydrogen (secondary N) is 1. The van der Waals surface area contributed by atoms with Crippen molar-refractivity contribution >= 4 is 43.9 Å². The Morgan fingerprint density at radius 1 is 1.15 bits per heavy atom. The smallest absolute Gasteiger partial charge is 0.335 e. The van der Waals surface area contributed by atoms with Gasteiger partial charge in [-0.05, 0) is 63.0 Å². The molecule has 0 saturated carbocycles. The lowest BCUT2D eigenvalue weighted by molar-refractivity contribution is 0.430. The number of hydrogen-bond acceptors (Lipinski definition) is 5. The van der Waals surface area contributed by atoms with Crippen LogP contribution < -0.4 is 11.2 Å². The third-order valence-corrected chi connectivity index (χ3v) is 4.58. The van der Waals surface area contributed by atoms with Crippen LogP contribution in [0.1, 0.15) is 11.1 Å². The molecule has 7 nitrogen and oxygen atoms in total. The second kappa shape index (κ2) is 7.38. The van der Waals surface area contributed by atoms with Gasteiger partial charge in [-0.2, -0.15) is 0 Å². The number of pyridine rings is 1. The van der Waals surface area contributed by atoms with E-state index in [1.165, 1.54) is 0 Å². The zero-order valence-electron chi connectivity index (χ0n) is 13.4. The molecule has 0 radical (unpaired) electrons. The van der Waals surface area contributed by atoms with Crippen LogP contribution >= 0.6 is 31.9 Å². The third-order valence-electron chi connectivity index (χ3n) is 3.52. The van der Waals surface area contributed by atoms with Crippen LogP contribution in [-0.4, -0.2) is 25.9 Å². The van der Waals surface area contributed by atoms with Gasteiger partial charge in [-0.3, -0.25) is 9.78 Å². The van der Waals surface area contributed by atoms with Gasteiger partial charge in [-0.15, -0.1) is 0 Å². The zero-order valence-corrected chi connectivity index (χ0v) is 16.6. The lowest BCUT2D eigenvalue weighted by Crippen LogP contribution is -2.31. The molecule has 0 aliphatic heterocycles. The molecule has 1 aromatic carbocycles. The molecule has 0 bridgehead atoms. The van der Waals surface area contributed by atoms with Crippen molar-refractivity contribution in [3.63, 3.8) is 0 Å². The van der Waals surface area contributed by atoms with Crippen LogP contribution in [0.3, 0.4) is 0 Å². The maximum atomic E-state index is 12.1. The lowest BCUT2D eigenvalue weighted by Gasteiger charge is -2.09. The van der Waals surface area contributed by atoms with Gasteiger partial charge in [0.15, 0.2) is 5.82 Å². The van der Waals surface area contributed by atoms with Crippen molar-refractivity contribution in [1.29, 1.82) is 0 Å². The number of halogens is 2. The number of benzene rings is 1. The topological polar surface area (TPSA) is 100 Å². The molecular formula is C17H12Br2N4O3. The predicted octanol–water partition coefficient (Wildman–Crippen LogP) is 3.21. The molecule has 0 unspecified atom stereocenters. The molecule has 0 spiro atoms. The number of aryl methyl sites for hydroxylation is 1. The Kier molecular flexibility index (Phi) is 5.19. The maximum absolute atomic E-state index is 12.1. The number of aromatic amines is 1. The summed E-state index contributed by atoms with van der Waals surface area (Å²) in [5, 5.41) is 10.5. The average molecular weight is 480 g/mol. The number of aromatic hydroxyl groups is 1. The Morgan fingerprint density at radius 2 is 1.85 bits per heavy atom. The molecule has 9 heteroatoms. The van der Waals surface area contributed by atoms with Crippen LogP contribution in [-0.2, 0) is 0 Å². The molecule has 0 aliphatic carbocycles. The molecule has 26 heavy (non-hydrogen) atoms. The number of hydrogen-bond donors (Lipinski definition) is 2. The fraction of sp³-hybridized carbons (Fsp3) is 0.0588. The summed E-state index contributed by atoms with van der Waals surface area (Å²) in [6, 6.07) is 10.4. The first kappa shape index (κ1) is 18.3. The Hall–Kier alpha value is -2.52. The summed E-state index contributed by atoms with van der Waals surface area (Å²) in [7, 11) is 0. The number of aliphatic imine (C=N–C) groups is 1. The zero-order chi connectivity index (χ0) is 18.8. The Labute approximate surface area is 164 Å². The highest BCUT2D eigenvalue weighted by Gasteiger charge is 2.14. The van der Waals surface area contributed by atoms with Crippen LogP contribution in [0.2, 0.25) is 0 Å². The highest BCUT2D eigenvalue weighted by atomic mass is 79.9. The molecule has 2 N–H and O–H groups in total. The Bertz CT molecular complexity index is 1120. The summed E-state index contributed by atoms with van der Waals surface area (Å²) in [4.78, 5) is 34.7. The third kappa shape index (κ3) is 3.68. The number of H-pyrrole nitrogens is 1. The van der Waals surface area contributed by atoms with Gasteiger partial charge in [-0.1, -0.05) is 17.7 Å². The summed E-state index contributed by atoms with van der Waals surface area (Å²) in [6.07, 6.45) is 1.16. The van der Waals surface area contributed by atoms with Gasteiger partial charge < -0.3 is 5.11 Å². The number of rotatable bonds is 3. The minimum atomic E-state index is -0.745. The van der Waals surface area contributed by atoms with E-state index >= 15 is 0 Å². The highest BCUT2D eigenvalue weighted by Crippen LogP contribution is 2.25. The first-order chi connectivity index (χ1) is 12.4. The molecule has 0 aliphatic rings. The second-order valence-corrected chi connectivity index (χ2v) is 7.03. The first-order valence-electron chi connectivity index (χ1n) is 7.38. The summed E-state index contributed by atoms with van der Waals surface area (Å²) in [6.45, 7) is 1.90. The molecule has 3 aromatic rings. The van der Waals surface area contributed by atoms with Gasteiger partial charge >= 0.3 is 5.69 Å². The molecule has 0 fully saturated rings. The van der Waals surface area contributed by atoms with E-state index in [0.717, 1.165) is 16.3 Å². The van der Waals surface area contributed by atoms with Crippen molar-refractivity contribution in [3.8, 4) is 11.6 Å². The largest absolute Gasteiger partial charge is 0.493 e. The minimum Gasteiger partial charge on any atom is -0.493 e. The van der Waals surface area contributed by atoms with Crippen molar-refractivity contribution < 1.29 is 5.11 Å². The van der Waals surface area contributed by atoms with Gasteiger partial charge in [0.25, 0.3) is 5.56 Å². The van der Waals surface area contributed by atoms with Crippen LogP contribution in [0, 0.1) is 6.92 Å². The quantitative estimate of drug-likeness (QED) is 0.445.